The quantitative estimate of drug-likeness (QED) is 0.557. The highest BCUT2D eigenvalue weighted by Crippen LogP contribution is 2.29. The fourth-order valence-electron chi connectivity index (χ4n) is 4.13. The Morgan fingerprint density at radius 2 is 2.00 bits per heavy atom. The molecule has 10 heteroatoms. The van der Waals surface area contributed by atoms with E-state index in [0.717, 1.165) is 33.3 Å². The van der Waals surface area contributed by atoms with E-state index in [1.54, 1.807) is 4.90 Å². The summed E-state index contributed by atoms with van der Waals surface area (Å²) in [4.78, 5) is 53.8. The van der Waals surface area contributed by atoms with Crippen LogP contribution in [0.4, 0.5) is 4.79 Å². The number of likely N-dealkylation sites (N-methyl/N-ethyl adjacent to an activating group) is 1. The first kappa shape index (κ1) is 24.6. The number of carbonyl (C=O) groups excluding carboxylic acids is 4. The highest BCUT2D eigenvalue weighted by atomic mass is 79.9. The van der Waals surface area contributed by atoms with Gasteiger partial charge in [0.2, 0.25) is 17.7 Å². The molecule has 3 rings (SSSR count). The van der Waals surface area contributed by atoms with Crippen LogP contribution in [-0.2, 0) is 14.4 Å². The van der Waals surface area contributed by atoms with Gasteiger partial charge >= 0.3 is 6.03 Å². The maximum Gasteiger partial charge on any atom is 0.322 e. The fourth-order valence-corrected chi connectivity index (χ4v) is 5.59. The summed E-state index contributed by atoms with van der Waals surface area (Å²) in [5.41, 5.74) is 2.25. The van der Waals surface area contributed by atoms with E-state index in [9.17, 15) is 19.2 Å². The molecule has 0 aromatic heterocycles. The second kappa shape index (κ2) is 10.7. The van der Waals surface area contributed by atoms with Gasteiger partial charge in [-0.15, -0.1) is 11.8 Å². The van der Waals surface area contributed by atoms with Crippen molar-refractivity contribution < 1.29 is 19.2 Å². The van der Waals surface area contributed by atoms with Gasteiger partial charge in [0.05, 0.1) is 12.2 Å². The molecule has 0 radical (unpaired) electrons. The van der Waals surface area contributed by atoms with E-state index < -0.39 is 18.0 Å². The predicted octanol–water partition coefficient (Wildman–Crippen LogP) is 2.60. The van der Waals surface area contributed by atoms with Crippen LogP contribution in [0.2, 0.25) is 0 Å². The van der Waals surface area contributed by atoms with Gasteiger partial charge in [-0.3, -0.25) is 19.7 Å². The van der Waals surface area contributed by atoms with Crippen LogP contribution in [0, 0.1) is 13.8 Å². The lowest BCUT2D eigenvalue weighted by molar-refractivity contribution is -0.141. The van der Waals surface area contributed by atoms with Gasteiger partial charge in [0.25, 0.3) is 0 Å². The molecule has 2 saturated heterocycles. The van der Waals surface area contributed by atoms with Crippen molar-refractivity contribution in [2.45, 2.75) is 57.0 Å². The number of thioether (sulfide) groups is 1. The van der Waals surface area contributed by atoms with Crippen molar-refractivity contribution in [1.82, 2.24) is 20.4 Å². The Hall–Kier alpha value is -2.07. The maximum absolute atomic E-state index is 13.0. The van der Waals surface area contributed by atoms with Crippen LogP contribution in [-0.4, -0.2) is 71.0 Å². The lowest BCUT2D eigenvalue weighted by atomic mass is 10.0. The number of urea groups is 1. The summed E-state index contributed by atoms with van der Waals surface area (Å²) in [6.07, 6.45) is 1.52. The van der Waals surface area contributed by atoms with E-state index in [2.05, 4.69) is 38.7 Å². The van der Waals surface area contributed by atoms with Crippen molar-refractivity contribution in [2.75, 3.05) is 25.4 Å². The van der Waals surface area contributed by atoms with E-state index in [4.69, 9.17) is 0 Å². The Kier molecular flexibility index (Phi) is 8.21. The Bertz CT molecular complexity index is 909. The Morgan fingerprint density at radius 3 is 2.69 bits per heavy atom. The number of carbonyl (C=O) groups is 4. The average molecular weight is 525 g/mol. The number of aryl methyl sites for hydroxylation is 2. The van der Waals surface area contributed by atoms with E-state index in [-0.39, 0.29) is 24.3 Å². The minimum atomic E-state index is -0.860. The van der Waals surface area contributed by atoms with Crippen LogP contribution in [0.5, 0.6) is 0 Å². The number of hydrogen-bond donors (Lipinski definition) is 2. The molecule has 0 spiro atoms. The van der Waals surface area contributed by atoms with Gasteiger partial charge in [-0.2, -0.15) is 0 Å². The lowest BCUT2D eigenvalue weighted by Crippen LogP contribution is -2.61. The minimum Gasteiger partial charge on any atom is -0.340 e. The number of benzene rings is 1. The zero-order valence-electron chi connectivity index (χ0n) is 18.6. The van der Waals surface area contributed by atoms with Gasteiger partial charge in [-0.1, -0.05) is 15.9 Å². The summed E-state index contributed by atoms with van der Waals surface area (Å²) < 4.78 is 1.06. The average Bonchev–Trinajstić information content (AvgIpc) is 2.75. The molecule has 2 aliphatic rings. The van der Waals surface area contributed by atoms with E-state index in [1.165, 1.54) is 11.8 Å². The van der Waals surface area contributed by atoms with Crippen LogP contribution in [0.1, 0.15) is 37.3 Å². The second-order valence-corrected chi connectivity index (χ2v) is 10.1. The molecule has 1 aromatic rings. The van der Waals surface area contributed by atoms with Crippen molar-refractivity contribution >= 4 is 51.4 Å². The number of halogens is 1. The molecule has 0 aliphatic carbocycles. The maximum atomic E-state index is 13.0. The third-order valence-corrected chi connectivity index (χ3v) is 7.86. The Morgan fingerprint density at radius 1 is 1.25 bits per heavy atom. The SMILES string of the molecule is CCN(C(=O)[C@@H]1CC(=O)NC(=O)N1)C1CCCN(C(=O)CSc2cc(C)c(Br)cc2C)C1. The molecule has 32 heavy (non-hydrogen) atoms. The molecule has 2 atom stereocenters. The van der Waals surface area contributed by atoms with E-state index in [0.29, 0.717) is 25.4 Å². The first-order valence-corrected chi connectivity index (χ1v) is 12.6. The number of rotatable bonds is 6. The van der Waals surface area contributed by atoms with E-state index in [1.807, 2.05) is 25.7 Å². The molecule has 174 valence electrons. The molecule has 2 aliphatic heterocycles. The van der Waals surface area contributed by atoms with Crippen molar-refractivity contribution in [3.8, 4) is 0 Å². The first-order valence-electron chi connectivity index (χ1n) is 10.8. The smallest absolute Gasteiger partial charge is 0.322 e. The largest absolute Gasteiger partial charge is 0.340 e. The molecular formula is C22H29BrN4O4S. The summed E-state index contributed by atoms with van der Waals surface area (Å²) >= 11 is 5.07. The minimum absolute atomic E-state index is 0.0496. The van der Waals surface area contributed by atoms with Crippen molar-refractivity contribution in [3.63, 3.8) is 0 Å². The summed E-state index contributed by atoms with van der Waals surface area (Å²) in [6, 6.07) is 2.51. The van der Waals surface area contributed by atoms with Crippen LogP contribution < -0.4 is 10.6 Å². The predicted molar refractivity (Wildman–Crippen MR) is 126 cm³/mol. The molecule has 5 amide bonds. The van der Waals surface area contributed by atoms with Gasteiger partial charge in [0.1, 0.15) is 6.04 Å². The number of piperidine rings is 1. The number of nitrogens with one attached hydrogen (secondary N) is 2. The highest BCUT2D eigenvalue weighted by Gasteiger charge is 2.36. The molecule has 0 saturated carbocycles. The Balaban J connectivity index is 1.61. The fraction of sp³-hybridized carbons (Fsp3) is 0.545. The van der Waals surface area contributed by atoms with Crippen molar-refractivity contribution in [3.05, 3.63) is 27.7 Å². The molecule has 8 nitrogen and oxygen atoms in total. The van der Waals surface area contributed by atoms with Gasteiger partial charge in [0.15, 0.2) is 0 Å². The number of nitrogens with zero attached hydrogens (tertiary/aromatic N) is 2. The molecule has 1 aromatic carbocycles. The van der Waals surface area contributed by atoms with Crippen LogP contribution in [0.25, 0.3) is 0 Å². The third-order valence-electron chi connectivity index (χ3n) is 5.87. The summed E-state index contributed by atoms with van der Waals surface area (Å²) in [6.45, 7) is 7.51. The second-order valence-electron chi connectivity index (χ2n) is 8.19. The summed E-state index contributed by atoms with van der Waals surface area (Å²) in [5.74, 6) is -0.342. The first-order chi connectivity index (χ1) is 15.2. The van der Waals surface area contributed by atoms with Gasteiger partial charge in [0, 0.05) is 35.0 Å². The van der Waals surface area contributed by atoms with Crippen LogP contribution >= 0.6 is 27.7 Å². The van der Waals surface area contributed by atoms with E-state index >= 15 is 0 Å². The number of hydrogen-bond acceptors (Lipinski definition) is 5. The van der Waals surface area contributed by atoms with Crippen molar-refractivity contribution in [1.29, 1.82) is 0 Å². The summed E-state index contributed by atoms with van der Waals surface area (Å²) in [7, 11) is 0. The van der Waals surface area contributed by atoms with Crippen molar-refractivity contribution in [2.24, 2.45) is 0 Å². The molecule has 2 heterocycles. The molecule has 0 bridgehead atoms. The normalized spacial score (nSPS) is 21.1. The number of amides is 5. The number of likely N-dealkylation sites (tertiary alicyclic amines) is 1. The number of imide groups is 1. The van der Waals surface area contributed by atoms with Gasteiger partial charge in [-0.05, 0) is 56.9 Å². The monoisotopic (exact) mass is 524 g/mol. The zero-order chi connectivity index (χ0) is 23.4. The topological polar surface area (TPSA) is 98.8 Å². The zero-order valence-corrected chi connectivity index (χ0v) is 21.0. The molecule has 2 fully saturated rings. The van der Waals surface area contributed by atoms with Gasteiger partial charge in [-0.25, -0.2) is 4.79 Å². The molecule has 1 unspecified atom stereocenters. The standard InChI is InChI=1S/C22H29BrN4O4S/c1-4-27(21(30)17-10-19(28)25-22(31)24-17)15-6-5-7-26(11-15)20(29)12-32-18-9-13(2)16(23)8-14(18)3/h8-9,15,17H,4-7,10-12H2,1-3H3,(H2,24,25,28,31)/t15?,17-/m0/s1. The molecule has 2 N–H and O–H groups in total. The molecular weight excluding hydrogens is 496 g/mol. The van der Waals surface area contributed by atoms with Crippen LogP contribution in [0.3, 0.4) is 0 Å². The Labute approximate surface area is 201 Å². The lowest BCUT2D eigenvalue weighted by Gasteiger charge is -2.40. The van der Waals surface area contributed by atoms with Gasteiger partial charge < -0.3 is 15.1 Å². The third kappa shape index (κ3) is 5.83. The summed E-state index contributed by atoms with van der Waals surface area (Å²) in [5, 5.41) is 4.68. The highest BCUT2D eigenvalue weighted by molar-refractivity contribution is 9.10. The van der Waals surface area contributed by atoms with Crippen LogP contribution in [0.15, 0.2) is 21.5 Å².